The zero-order valence-electron chi connectivity index (χ0n) is 9.78. The van der Waals surface area contributed by atoms with Crippen molar-refractivity contribution in [3.63, 3.8) is 0 Å². The van der Waals surface area contributed by atoms with Crippen LogP contribution in [0.2, 0.25) is 0 Å². The zero-order valence-corrected chi connectivity index (χ0v) is 11.4. The quantitative estimate of drug-likeness (QED) is 0.706. The fourth-order valence-corrected chi connectivity index (χ4v) is 2.92. The molecular formula is C11H12N4O2S2. The Morgan fingerprint density at radius 3 is 2.58 bits per heavy atom. The molecular weight excluding hydrogens is 284 g/mol. The van der Waals surface area contributed by atoms with Crippen molar-refractivity contribution >= 4 is 27.2 Å². The molecule has 19 heavy (non-hydrogen) atoms. The van der Waals surface area contributed by atoms with Gasteiger partial charge in [0.25, 0.3) is 10.0 Å². The van der Waals surface area contributed by atoms with Crippen LogP contribution >= 0.6 is 12.2 Å². The average molecular weight is 296 g/mol. The molecule has 0 saturated heterocycles. The highest BCUT2D eigenvalue weighted by atomic mass is 32.2. The number of H-pyrrole nitrogens is 1. The van der Waals surface area contributed by atoms with Crippen LogP contribution in [0.4, 0.5) is 0 Å². The number of nitrogens with one attached hydrogen (secondary N) is 2. The molecule has 0 radical (unpaired) electrons. The third-order valence-electron chi connectivity index (χ3n) is 2.45. The van der Waals surface area contributed by atoms with E-state index in [-0.39, 0.29) is 10.0 Å². The van der Waals surface area contributed by atoms with Crippen molar-refractivity contribution in [1.82, 2.24) is 14.7 Å². The summed E-state index contributed by atoms with van der Waals surface area (Å²) in [6, 6.07) is 8.13. The first-order valence-corrected chi connectivity index (χ1v) is 7.25. The highest BCUT2D eigenvalue weighted by Gasteiger charge is 2.24. The maximum atomic E-state index is 12.1. The molecule has 1 unspecified atom stereocenters. The molecule has 0 aliphatic carbocycles. The number of benzene rings is 1. The average Bonchev–Trinajstić information content (AvgIpc) is 2.91. The van der Waals surface area contributed by atoms with E-state index in [9.17, 15) is 8.42 Å². The van der Waals surface area contributed by atoms with E-state index in [0.29, 0.717) is 5.56 Å². The van der Waals surface area contributed by atoms with E-state index < -0.39 is 16.1 Å². The first-order valence-electron chi connectivity index (χ1n) is 5.35. The predicted molar refractivity (Wildman–Crippen MR) is 74.9 cm³/mol. The van der Waals surface area contributed by atoms with Gasteiger partial charge in [-0.1, -0.05) is 42.5 Å². The van der Waals surface area contributed by atoms with Gasteiger partial charge in [-0.15, -0.1) is 0 Å². The van der Waals surface area contributed by atoms with Gasteiger partial charge in [0.2, 0.25) is 0 Å². The van der Waals surface area contributed by atoms with E-state index in [1.54, 1.807) is 24.3 Å². The van der Waals surface area contributed by atoms with Gasteiger partial charge in [0.05, 0.1) is 23.6 Å². The van der Waals surface area contributed by atoms with Gasteiger partial charge in [-0.2, -0.15) is 4.72 Å². The molecule has 1 heterocycles. The molecule has 0 bridgehead atoms. The highest BCUT2D eigenvalue weighted by molar-refractivity contribution is 7.89. The molecule has 6 nitrogen and oxygen atoms in total. The summed E-state index contributed by atoms with van der Waals surface area (Å²) in [5, 5.41) is -0.0373. The summed E-state index contributed by atoms with van der Waals surface area (Å²) in [6.45, 7) is 0. The molecule has 0 amide bonds. The van der Waals surface area contributed by atoms with Crippen LogP contribution < -0.4 is 10.5 Å². The van der Waals surface area contributed by atoms with Gasteiger partial charge < -0.3 is 10.7 Å². The monoisotopic (exact) mass is 296 g/mol. The summed E-state index contributed by atoms with van der Waals surface area (Å²) in [5.41, 5.74) is 6.29. The third kappa shape index (κ3) is 3.16. The van der Waals surface area contributed by atoms with Crippen molar-refractivity contribution in [1.29, 1.82) is 0 Å². The number of nitrogens with zero attached hydrogens (tertiary/aromatic N) is 1. The van der Waals surface area contributed by atoms with Crippen LogP contribution in [0.25, 0.3) is 0 Å². The molecule has 8 heteroatoms. The summed E-state index contributed by atoms with van der Waals surface area (Å²) in [4.78, 5) is 6.25. The molecule has 2 rings (SSSR count). The van der Waals surface area contributed by atoms with Crippen molar-refractivity contribution in [2.75, 3.05) is 0 Å². The Bertz CT molecular complexity index is 653. The number of hydrogen-bond acceptors (Lipinski definition) is 4. The van der Waals surface area contributed by atoms with Gasteiger partial charge in [0.15, 0.2) is 5.03 Å². The van der Waals surface area contributed by atoms with Crippen LogP contribution in [-0.4, -0.2) is 23.4 Å². The Hall–Kier alpha value is -1.77. The lowest BCUT2D eigenvalue weighted by molar-refractivity contribution is 0.574. The van der Waals surface area contributed by atoms with E-state index in [1.165, 1.54) is 12.5 Å². The maximum absolute atomic E-state index is 12.1. The minimum absolute atomic E-state index is 0.0373. The fraction of sp³-hybridized carbons (Fsp3) is 0.0909. The summed E-state index contributed by atoms with van der Waals surface area (Å²) >= 11 is 4.92. The van der Waals surface area contributed by atoms with Gasteiger partial charge in [-0.3, -0.25) is 0 Å². The molecule has 0 aliphatic heterocycles. The molecule has 1 atom stereocenters. The first kappa shape index (κ1) is 13.7. The minimum atomic E-state index is -3.74. The number of thiocarbonyl (C=S) groups is 1. The Kier molecular flexibility index (Phi) is 3.93. The molecule has 4 N–H and O–H groups in total. The summed E-state index contributed by atoms with van der Waals surface area (Å²) < 4.78 is 26.6. The molecule has 1 aromatic carbocycles. The number of nitrogens with two attached hydrogens (primary N) is 1. The number of sulfonamides is 1. The van der Waals surface area contributed by atoms with Crippen LogP contribution in [0.5, 0.6) is 0 Å². The van der Waals surface area contributed by atoms with Crippen molar-refractivity contribution < 1.29 is 8.42 Å². The summed E-state index contributed by atoms with van der Waals surface area (Å²) in [5.74, 6) is 0. The molecule has 1 aromatic heterocycles. The number of rotatable bonds is 5. The molecule has 100 valence electrons. The van der Waals surface area contributed by atoms with Crippen molar-refractivity contribution in [2.24, 2.45) is 5.73 Å². The highest BCUT2D eigenvalue weighted by Crippen LogP contribution is 2.16. The topological polar surface area (TPSA) is 101 Å². The second kappa shape index (κ2) is 5.47. The SMILES string of the molecule is NC(=S)C(NS(=O)(=O)c1cnc[nH]1)c1ccccc1. The molecule has 0 saturated carbocycles. The number of aromatic nitrogens is 2. The van der Waals surface area contributed by atoms with Crippen LogP contribution in [0.1, 0.15) is 11.6 Å². The van der Waals surface area contributed by atoms with Gasteiger partial charge >= 0.3 is 0 Å². The van der Waals surface area contributed by atoms with Crippen molar-refractivity contribution in [3.05, 3.63) is 48.4 Å². The van der Waals surface area contributed by atoms with E-state index >= 15 is 0 Å². The Morgan fingerprint density at radius 2 is 2.05 bits per heavy atom. The van der Waals surface area contributed by atoms with E-state index in [0.717, 1.165) is 0 Å². The molecule has 2 aromatic rings. The Labute approximate surface area is 116 Å². The normalized spacial score (nSPS) is 13.1. The van der Waals surface area contributed by atoms with Crippen molar-refractivity contribution in [2.45, 2.75) is 11.1 Å². The summed E-state index contributed by atoms with van der Waals surface area (Å²) in [7, 11) is -3.74. The number of aromatic amines is 1. The smallest absolute Gasteiger partial charge is 0.258 e. The number of imidazole rings is 1. The van der Waals surface area contributed by atoms with Gasteiger partial charge in [0, 0.05) is 0 Å². The Morgan fingerprint density at radius 1 is 1.37 bits per heavy atom. The van der Waals surface area contributed by atoms with Gasteiger partial charge in [-0.05, 0) is 5.56 Å². The third-order valence-corrected chi connectivity index (χ3v) is 4.04. The van der Waals surface area contributed by atoms with E-state index in [4.69, 9.17) is 18.0 Å². The van der Waals surface area contributed by atoms with Gasteiger partial charge in [-0.25, -0.2) is 13.4 Å². The fourth-order valence-electron chi connectivity index (χ4n) is 1.54. The number of hydrogen-bond donors (Lipinski definition) is 3. The van der Waals surface area contributed by atoms with Gasteiger partial charge in [0.1, 0.15) is 0 Å². The van der Waals surface area contributed by atoms with Crippen molar-refractivity contribution in [3.8, 4) is 0 Å². The maximum Gasteiger partial charge on any atom is 0.258 e. The first-order chi connectivity index (χ1) is 9.00. The van der Waals surface area contributed by atoms with E-state index in [2.05, 4.69) is 14.7 Å². The molecule has 0 fully saturated rings. The summed E-state index contributed by atoms with van der Waals surface area (Å²) in [6.07, 6.45) is 2.50. The Balaban J connectivity index is 2.31. The van der Waals surface area contributed by atoms with E-state index in [1.807, 2.05) is 6.07 Å². The standard InChI is InChI=1S/C11H12N4O2S2/c12-11(18)10(8-4-2-1-3-5-8)15-19(16,17)9-6-13-7-14-9/h1-7,10,15H,(H2,12,18)(H,13,14). The zero-order chi connectivity index (χ0) is 13.9. The lowest BCUT2D eigenvalue weighted by atomic mass is 10.1. The van der Waals surface area contributed by atoms with Crippen LogP contribution in [0, 0.1) is 0 Å². The lowest BCUT2D eigenvalue weighted by Gasteiger charge is -2.17. The lowest BCUT2D eigenvalue weighted by Crippen LogP contribution is -2.36. The predicted octanol–water partition coefficient (Wildman–Crippen LogP) is 0.715. The molecule has 0 spiro atoms. The van der Waals surface area contributed by atoms with Crippen LogP contribution in [0.15, 0.2) is 47.9 Å². The largest absolute Gasteiger partial charge is 0.392 e. The second-order valence-electron chi connectivity index (χ2n) is 3.78. The van der Waals surface area contributed by atoms with Crippen LogP contribution in [0.3, 0.4) is 0 Å². The second-order valence-corrected chi connectivity index (χ2v) is 5.94. The van der Waals surface area contributed by atoms with Crippen LogP contribution in [-0.2, 0) is 10.0 Å². The minimum Gasteiger partial charge on any atom is -0.392 e. The molecule has 0 aliphatic rings.